The van der Waals surface area contributed by atoms with Gasteiger partial charge in [-0.25, -0.2) is 0 Å². The monoisotopic (exact) mass is 384 g/mol. The van der Waals surface area contributed by atoms with Crippen molar-refractivity contribution in [2.75, 3.05) is 0 Å². The van der Waals surface area contributed by atoms with Crippen LogP contribution in [0.15, 0.2) is 12.7 Å². The molecule has 0 radical (unpaired) electrons. The van der Waals surface area contributed by atoms with E-state index in [0.717, 1.165) is 0 Å². The Morgan fingerprint density at radius 2 is 1.58 bits per heavy atom. The van der Waals surface area contributed by atoms with E-state index in [0.29, 0.717) is 0 Å². The Labute approximate surface area is 161 Å². The zero-order chi connectivity index (χ0) is 21.1. The molecule has 1 N–H and O–H groups in total. The molecule has 152 valence electrons. The SMILES string of the molecule is C=C[C@H](C)[C@H](O[Si](C)(C)C(C)(C)C)C(C)C(=O)C(C)(C)[C@@H](C)CC(=O)O. The third-order valence-corrected chi connectivity index (χ3v) is 10.9. The first-order chi connectivity index (χ1) is 11.5. The summed E-state index contributed by atoms with van der Waals surface area (Å²) in [5, 5.41) is 9.14. The molecule has 1 unspecified atom stereocenters. The van der Waals surface area contributed by atoms with Crippen molar-refractivity contribution < 1.29 is 19.1 Å². The Morgan fingerprint density at radius 1 is 1.12 bits per heavy atom. The topological polar surface area (TPSA) is 63.6 Å². The number of carboxylic acids is 1. The molecule has 26 heavy (non-hydrogen) atoms. The first-order valence-corrected chi connectivity index (χ1v) is 12.5. The highest BCUT2D eigenvalue weighted by atomic mass is 28.4. The zero-order valence-corrected chi connectivity index (χ0v) is 19.5. The van der Waals surface area contributed by atoms with Gasteiger partial charge in [-0.2, -0.15) is 0 Å². The number of carbonyl (C=O) groups is 2. The lowest BCUT2D eigenvalue weighted by Crippen LogP contribution is -2.50. The Kier molecular flexibility index (Phi) is 8.51. The van der Waals surface area contributed by atoms with Gasteiger partial charge in [0.25, 0.3) is 0 Å². The van der Waals surface area contributed by atoms with E-state index in [-0.39, 0.29) is 41.1 Å². The largest absolute Gasteiger partial charge is 0.481 e. The van der Waals surface area contributed by atoms with Crippen LogP contribution in [0.5, 0.6) is 0 Å². The highest BCUT2D eigenvalue weighted by Crippen LogP contribution is 2.41. The molecule has 0 saturated heterocycles. The predicted molar refractivity (Wildman–Crippen MR) is 111 cm³/mol. The van der Waals surface area contributed by atoms with Crippen LogP contribution in [0.25, 0.3) is 0 Å². The molecule has 0 aromatic rings. The molecule has 0 aromatic carbocycles. The van der Waals surface area contributed by atoms with Crippen molar-refractivity contribution in [1.29, 1.82) is 0 Å². The second-order valence-electron chi connectivity index (χ2n) is 9.81. The number of Topliss-reactive ketones (excluding diaryl/α,β-unsaturated/α-hetero) is 1. The Morgan fingerprint density at radius 3 is 1.92 bits per heavy atom. The predicted octanol–water partition coefficient (Wildman–Crippen LogP) is 5.54. The standard InChI is InChI=1S/C21H40O4Si/c1-12-14(2)18(25-26(10,11)20(5,6)7)16(4)19(24)21(8,9)15(3)13-17(22)23/h12,14-16,18H,1,13H2,2-11H3,(H,22,23)/t14-,15-,16?,18-/m0/s1. The number of hydrogen-bond acceptors (Lipinski definition) is 3. The van der Waals surface area contributed by atoms with Crippen LogP contribution in [0.4, 0.5) is 0 Å². The van der Waals surface area contributed by atoms with Crippen LogP contribution in [-0.4, -0.2) is 31.3 Å². The zero-order valence-electron chi connectivity index (χ0n) is 18.5. The Hall–Kier alpha value is -0.943. The van der Waals surface area contributed by atoms with Crippen LogP contribution in [0, 0.1) is 23.2 Å². The molecule has 0 rings (SSSR count). The van der Waals surface area contributed by atoms with Crippen molar-refractivity contribution in [3.8, 4) is 0 Å². The summed E-state index contributed by atoms with van der Waals surface area (Å²) in [6.45, 7) is 24.3. The smallest absolute Gasteiger partial charge is 0.303 e. The van der Waals surface area contributed by atoms with Crippen LogP contribution in [0.2, 0.25) is 18.1 Å². The Bertz CT molecular complexity index is 517. The maximum atomic E-state index is 13.3. The van der Waals surface area contributed by atoms with Crippen LogP contribution >= 0.6 is 0 Å². The van der Waals surface area contributed by atoms with Gasteiger partial charge in [0.15, 0.2) is 8.32 Å². The molecule has 0 bridgehead atoms. The van der Waals surface area contributed by atoms with Gasteiger partial charge in [0.2, 0.25) is 0 Å². The molecule has 4 atom stereocenters. The fourth-order valence-electron chi connectivity index (χ4n) is 2.81. The molecule has 0 saturated carbocycles. The normalized spacial score (nSPS) is 17.9. The van der Waals surface area contributed by atoms with E-state index in [4.69, 9.17) is 9.53 Å². The fraction of sp³-hybridized carbons (Fsp3) is 0.810. The summed E-state index contributed by atoms with van der Waals surface area (Å²) in [5.74, 6) is -1.36. The summed E-state index contributed by atoms with van der Waals surface area (Å²) < 4.78 is 6.62. The minimum atomic E-state index is -2.06. The van der Waals surface area contributed by atoms with Gasteiger partial charge >= 0.3 is 5.97 Å². The van der Waals surface area contributed by atoms with Gasteiger partial charge in [-0.05, 0) is 30.0 Å². The average Bonchev–Trinajstić information content (AvgIpc) is 2.48. The molecule has 0 amide bonds. The number of carboxylic acid groups (broad SMARTS) is 1. The van der Waals surface area contributed by atoms with Gasteiger partial charge in [-0.15, -0.1) is 6.58 Å². The fourth-order valence-corrected chi connectivity index (χ4v) is 4.26. The quantitative estimate of drug-likeness (QED) is 0.397. The lowest BCUT2D eigenvalue weighted by Gasteiger charge is -2.43. The molecule has 5 heteroatoms. The minimum Gasteiger partial charge on any atom is -0.481 e. The molecular weight excluding hydrogens is 344 g/mol. The first kappa shape index (κ1) is 25.1. The summed E-state index contributed by atoms with van der Waals surface area (Å²) in [6.07, 6.45) is 1.57. The molecule has 0 aliphatic heterocycles. The number of aliphatic carboxylic acids is 1. The van der Waals surface area contributed by atoms with Gasteiger partial charge in [-0.3, -0.25) is 9.59 Å². The van der Waals surface area contributed by atoms with Crippen LogP contribution in [-0.2, 0) is 14.0 Å². The summed E-state index contributed by atoms with van der Waals surface area (Å²) >= 11 is 0. The third-order valence-electron chi connectivity index (χ3n) is 6.38. The average molecular weight is 385 g/mol. The van der Waals surface area contributed by atoms with Crippen molar-refractivity contribution in [2.45, 2.75) is 86.0 Å². The van der Waals surface area contributed by atoms with Gasteiger partial charge in [0.1, 0.15) is 5.78 Å². The third kappa shape index (κ3) is 6.05. The van der Waals surface area contributed by atoms with Gasteiger partial charge in [-0.1, -0.05) is 61.5 Å². The highest BCUT2D eigenvalue weighted by Gasteiger charge is 2.45. The summed E-state index contributed by atoms with van der Waals surface area (Å²) in [6, 6.07) is 0. The number of hydrogen-bond donors (Lipinski definition) is 1. The minimum absolute atomic E-state index is 0.0176. The van der Waals surface area contributed by atoms with E-state index < -0.39 is 19.7 Å². The van der Waals surface area contributed by atoms with E-state index in [9.17, 15) is 9.59 Å². The maximum Gasteiger partial charge on any atom is 0.303 e. The van der Waals surface area contributed by atoms with E-state index in [1.807, 2.05) is 40.7 Å². The van der Waals surface area contributed by atoms with Gasteiger partial charge < -0.3 is 9.53 Å². The van der Waals surface area contributed by atoms with E-state index in [1.54, 1.807) is 0 Å². The molecule has 0 fully saturated rings. The van der Waals surface area contributed by atoms with E-state index in [1.165, 1.54) is 0 Å². The van der Waals surface area contributed by atoms with Crippen molar-refractivity contribution in [3.63, 3.8) is 0 Å². The molecule has 0 aromatic heterocycles. The second kappa shape index (κ2) is 8.83. The number of rotatable bonds is 10. The van der Waals surface area contributed by atoms with E-state index in [2.05, 4.69) is 40.4 Å². The molecule has 0 aliphatic rings. The van der Waals surface area contributed by atoms with Crippen LogP contribution in [0.3, 0.4) is 0 Å². The highest BCUT2D eigenvalue weighted by molar-refractivity contribution is 6.74. The molecular formula is C21H40O4Si. The van der Waals surface area contributed by atoms with Gasteiger partial charge in [0.05, 0.1) is 6.10 Å². The van der Waals surface area contributed by atoms with Gasteiger partial charge in [0, 0.05) is 17.8 Å². The molecule has 4 nitrogen and oxygen atoms in total. The molecule has 0 spiro atoms. The second-order valence-corrected chi connectivity index (χ2v) is 14.6. The van der Waals surface area contributed by atoms with Crippen molar-refractivity contribution >= 4 is 20.1 Å². The summed E-state index contributed by atoms with van der Waals surface area (Å²) in [5.41, 5.74) is -0.728. The van der Waals surface area contributed by atoms with E-state index >= 15 is 0 Å². The van der Waals surface area contributed by atoms with Crippen molar-refractivity contribution in [1.82, 2.24) is 0 Å². The summed E-state index contributed by atoms with van der Waals surface area (Å²) in [7, 11) is -2.06. The maximum absolute atomic E-state index is 13.3. The first-order valence-electron chi connectivity index (χ1n) is 9.55. The Balaban J connectivity index is 5.68. The summed E-state index contributed by atoms with van der Waals surface area (Å²) in [4.78, 5) is 24.4. The lowest BCUT2D eigenvalue weighted by molar-refractivity contribution is -0.142. The van der Waals surface area contributed by atoms with Crippen LogP contribution in [0.1, 0.15) is 61.8 Å². The van der Waals surface area contributed by atoms with Crippen molar-refractivity contribution in [3.05, 3.63) is 12.7 Å². The number of ketones is 1. The molecule has 0 heterocycles. The van der Waals surface area contributed by atoms with Crippen LogP contribution < -0.4 is 0 Å². The number of carbonyl (C=O) groups excluding carboxylic acids is 1. The molecule has 0 aliphatic carbocycles. The van der Waals surface area contributed by atoms with Crippen molar-refractivity contribution in [2.24, 2.45) is 23.2 Å². The lowest BCUT2D eigenvalue weighted by atomic mass is 9.69.